The van der Waals surface area contributed by atoms with Crippen molar-refractivity contribution in [2.24, 2.45) is 0 Å². The van der Waals surface area contributed by atoms with Crippen molar-refractivity contribution >= 4 is 16.9 Å². The third-order valence-corrected chi connectivity index (χ3v) is 7.78. The number of alkyl halides is 3. The molecule has 0 aromatic carbocycles. The molecule has 9 nitrogen and oxygen atoms in total. The van der Waals surface area contributed by atoms with Crippen LogP contribution < -0.4 is 4.90 Å². The predicted octanol–water partition coefficient (Wildman–Crippen LogP) is 4.70. The molecule has 0 amide bonds. The fourth-order valence-corrected chi connectivity index (χ4v) is 5.67. The molecule has 6 rings (SSSR count). The average molecular weight is 541 g/mol. The lowest BCUT2D eigenvalue weighted by Gasteiger charge is -2.34. The first kappa shape index (κ1) is 25.8. The third kappa shape index (κ3) is 4.76. The van der Waals surface area contributed by atoms with Crippen molar-refractivity contribution in [2.75, 3.05) is 44.8 Å². The Morgan fingerprint density at radius 3 is 2.64 bits per heavy atom. The SMILES string of the molecule is Cc1c(-c2cc(N3CCOC[C@H]3C)nc(-c3ccnc4[nH]ccc34)n2)c(C(F)(F)F)nn1C1CCN(C)CC1. The van der Waals surface area contributed by atoms with E-state index in [0.717, 1.165) is 31.3 Å². The third-order valence-electron chi connectivity index (χ3n) is 7.78. The number of nitrogens with one attached hydrogen (secondary N) is 1. The maximum Gasteiger partial charge on any atom is 0.435 e. The van der Waals surface area contributed by atoms with Crippen molar-refractivity contribution in [3.8, 4) is 22.6 Å². The second-order valence-corrected chi connectivity index (χ2v) is 10.4. The number of hydrogen-bond acceptors (Lipinski definition) is 7. The number of nitrogens with zero attached hydrogens (tertiary/aromatic N) is 7. The van der Waals surface area contributed by atoms with Crippen LogP contribution in [0.2, 0.25) is 0 Å². The lowest BCUT2D eigenvalue weighted by molar-refractivity contribution is -0.141. The normalized spacial score (nSPS) is 19.7. The first-order valence-electron chi connectivity index (χ1n) is 13.2. The number of halogens is 3. The Labute approximate surface area is 224 Å². The van der Waals surface area contributed by atoms with Gasteiger partial charge in [0.25, 0.3) is 0 Å². The second-order valence-electron chi connectivity index (χ2n) is 10.4. The van der Waals surface area contributed by atoms with Crippen molar-refractivity contribution in [2.45, 2.75) is 44.9 Å². The van der Waals surface area contributed by atoms with Crippen LogP contribution in [0, 0.1) is 6.92 Å². The van der Waals surface area contributed by atoms with Gasteiger partial charge in [-0.05, 0) is 59.0 Å². The lowest BCUT2D eigenvalue weighted by atomic mass is 10.0. The van der Waals surface area contributed by atoms with E-state index in [1.165, 1.54) is 0 Å². The Bertz CT molecular complexity index is 1490. The molecule has 1 N–H and O–H groups in total. The Balaban J connectivity index is 1.55. The molecule has 4 aromatic rings. The maximum atomic E-state index is 14.5. The summed E-state index contributed by atoms with van der Waals surface area (Å²) in [6.45, 7) is 6.95. The zero-order valence-electron chi connectivity index (χ0n) is 22.2. The zero-order chi connectivity index (χ0) is 27.3. The van der Waals surface area contributed by atoms with Gasteiger partial charge in [-0.3, -0.25) is 4.68 Å². The van der Waals surface area contributed by atoms with Crippen molar-refractivity contribution in [1.82, 2.24) is 34.6 Å². The number of ether oxygens (including phenoxy) is 1. The monoisotopic (exact) mass is 540 g/mol. The minimum absolute atomic E-state index is 0.00389. The van der Waals surface area contributed by atoms with Gasteiger partial charge in [0.1, 0.15) is 11.5 Å². The van der Waals surface area contributed by atoms with E-state index in [4.69, 9.17) is 14.7 Å². The molecule has 0 saturated carbocycles. The van der Waals surface area contributed by atoms with Gasteiger partial charge < -0.3 is 19.5 Å². The van der Waals surface area contributed by atoms with Crippen molar-refractivity contribution in [1.29, 1.82) is 0 Å². The molecule has 39 heavy (non-hydrogen) atoms. The van der Waals surface area contributed by atoms with Gasteiger partial charge >= 0.3 is 6.18 Å². The molecular formula is C27H31F3N8O. The van der Waals surface area contributed by atoms with E-state index >= 15 is 0 Å². The number of piperidine rings is 1. The number of morpholine rings is 1. The van der Waals surface area contributed by atoms with Crippen LogP contribution in [0.1, 0.15) is 37.2 Å². The summed E-state index contributed by atoms with van der Waals surface area (Å²) in [6, 6.07) is 5.23. The van der Waals surface area contributed by atoms with Crippen LogP contribution in [0.4, 0.5) is 19.0 Å². The fourth-order valence-electron chi connectivity index (χ4n) is 5.67. The van der Waals surface area contributed by atoms with Gasteiger partial charge in [-0.1, -0.05) is 0 Å². The molecule has 0 spiro atoms. The Kier molecular flexibility index (Phi) is 6.54. The number of rotatable bonds is 4. The van der Waals surface area contributed by atoms with Crippen molar-refractivity contribution in [3.05, 3.63) is 42.0 Å². The minimum Gasteiger partial charge on any atom is -0.377 e. The summed E-state index contributed by atoms with van der Waals surface area (Å²) in [7, 11) is 2.02. The molecule has 0 aliphatic carbocycles. The smallest absolute Gasteiger partial charge is 0.377 e. The number of anilines is 1. The molecule has 12 heteroatoms. The van der Waals surface area contributed by atoms with Gasteiger partial charge in [0.05, 0.1) is 36.6 Å². The number of pyridine rings is 1. The largest absolute Gasteiger partial charge is 0.435 e. The maximum absolute atomic E-state index is 14.5. The van der Waals surface area contributed by atoms with E-state index in [1.54, 1.807) is 36.1 Å². The number of H-pyrrole nitrogens is 1. The molecule has 0 radical (unpaired) electrons. The number of hydrogen-bond donors (Lipinski definition) is 1. The van der Waals surface area contributed by atoms with Gasteiger partial charge in [-0.2, -0.15) is 18.3 Å². The van der Waals surface area contributed by atoms with E-state index < -0.39 is 11.9 Å². The molecule has 4 aromatic heterocycles. The molecule has 0 unspecified atom stereocenters. The van der Waals surface area contributed by atoms with Crippen LogP contribution in [-0.2, 0) is 10.9 Å². The van der Waals surface area contributed by atoms with E-state index in [9.17, 15) is 13.2 Å². The highest BCUT2D eigenvalue weighted by Crippen LogP contribution is 2.41. The lowest BCUT2D eigenvalue weighted by Crippen LogP contribution is -2.44. The van der Waals surface area contributed by atoms with Crippen LogP contribution >= 0.6 is 0 Å². The van der Waals surface area contributed by atoms with E-state index in [2.05, 4.69) is 24.9 Å². The fraction of sp³-hybridized carbons (Fsp3) is 0.481. The van der Waals surface area contributed by atoms with Gasteiger partial charge in [-0.15, -0.1) is 0 Å². The summed E-state index contributed by atoms with van der Waals surface area (Å²) in [6.07, 6.45) is 0.256. The number of fused-ring (bicyclic) bond motifs is 1. The van der Waals surface area contributed by atoms with E-state index in [0.29, 0.717) is 48.3 Å². The number of aromatic nitrogens is 6. The molecule has 0 bridgehead atoms. The molecule has 2 saturated heterocycles. The topological polar surface area (TPSA) is 88.0 Å². The van der Waals surface area contributed by atoms with Crippen LogP contribution in [0.3, 0.4) is 0 Å². The zero-order valence-corrected chi connectivity index (χ0v) is 22.2. The van der Waals surface area contributed by atoms with Gasteiger partial charge in [-0.25, -0.2) is 15.0 Å². The summed E-state index contributed by atoms with van der Waals surface area (Å²) in [5, 5.41) is 4.97. The van der Waals surface area contributed by atoms with Crippen LogP contribution in [0.5, 0.6) is 0 Å². The van der Waals surface area contributed by atoms with Crippen LogP contribution in [0.25, 0.3) is 33.7 Å². The van der Waals surface area contributed by atoms with Crippen molar-refractivity contribution < 1.29 is 17.9 Å². The molecule has 6 heterocycles. The summed E-state index contributed by atoms with van der Waals surface area (Å²) in [5.41, 5.74) is 1.11. The Morgan fingerprint density at radius 1 is 1.10 bits per heavy atom. The molecule has 2 aliphatic rings. The number of aromatic amines is 1. The summed E-state index contributed by atoms with van der Waals surface area (Å²) in [4.78, 5) is 21.3. The van der Waals surface area contributed by atoms with Gasteiger partial charge in [0, 0.05) is 41.6 Å². The molecule has 2 fully saturated rings. The highest BCUT2D eigenvalue weighted by atomic mass is 19.4. The summed E-state index contributed by atoms with van der Waals surface area (Å²) < 4.78 is 50.7. The molecule has 1 atom stereocenters. The highest BCUT2D eigenvalue weighted by molar-refractivity contribution is 5.91. The van der Waals surface area contributed by atoms with Crippen LogP contribution in [0.15, 0.2) is 30.6 Å². The standard InChI is InChI=1S/C27H31F3N8O/c1-16-15-39-13-12-37(16)22-14-21(33-26(34-22)20-5-9-32-25-19(20)4-8-31-25)23-17(2)38(35-24(23)27(28,29)30)18-6-10-36(3)11-7-18/h4-5,8-9,14,16,18H,6-7,10-13,15H2,1-3H3,(H,31,32)/t16-/m1/s1. The summed E-state index contributed by atoms with van der Waals surface area (Å²) >= 11 is 0. The number of likely N-dealkylation sites (tertiary alicyclic amines) is 1. The Morgan fingerprint density at radius 2 is 1.90 bits per heavy atom. The second kappa shape index (κ2) is 9.91. The molecule has 2 aliphatic heterocycles. The first-order chi connectivity index (χ1) is 18.7. The molecular weight excluding hydrogens is 509 g/mol. The molecule has 206 valence electrons. The Hall–Kier alpha value is -3.51. The van der Waals surface area contributed by atoms with E-state index in [-0.39, 0.29) is 23.3 Å². The first-order valence-corrected chi connectivity index (χ1v) is 13.2. The minimum atomic E-state index is -4.64. The van der Waals surface area contributed by atoms with Gasteiger partial charge in [0.15, 0.2) is 11.5 Å². The quantitative estimate of drug-likeness (QED) is 0.401. The van der Waals surface area contributed by atoms with E-state index in [1.807, 2.05) is 20.0 Å². The highest BCUT2D eigenvalue weighted by Gasteiger charge is 2.41. The van der Waals surface area contributed by atoms with Crippen molar-refractivity contribution in [3.63, 3.8) is 0 Å². The summed E-state index contributed by atoms with van der Waals surface area (Å²) in [5.74, 6) is 0.902. The average Bonchev–Trinajstić information content (AvgIpc) is 3.54. The van der Waals surface area contributed by atoms with Gasteiger partial charge in [0.2, 0.25) is 0 Å². The van der Waals surface area contributed by atoms with Crippen LogP contribution in [-0.4, -0.2) is 80.6 Å². The predicted molar refractivity (Wildman–Crippen MR) is 141 cm³/mol.